The van der Waals surface area contributed by atoms with E-state index in [2.05, 4.69) is 26.1 Å². The van der Waals surface area contributed by atoms with Gasteiger partial charge in [-0.3, -0.25) is 4.79 Å². The van der Waals surface area contributed by atoms with Crippen LogP contribution in [0.15, 0.2) is 47.2 Å². The highest BCUT2D eigenvalue weighted by molar-refractivity contribution is 7.17. The average molecular weight is 400 g/mol. The van der Waals surface area contributed by atoms with Gasteiger partial charge in [-0.2, -0.15) is 0 Å². The monoisotopic (exact) mass is 399 g/mol. The van der Waals surface area contributed by atoms with E-state index in [1.807, 2.05) is 47.2 Å². The largest absolute Gasteiger partial charge is 0.465 e. The van der Waals surface area contributed by atoms with Crippen LogP contribution in [0, 0.1) is 0 Å². The smallest absolute Gasteiger partial charge is 0.341 e. The Morgan fingerprint density at radius 1 is 1.04 bits per heavy atom. The summed E-state index contributed by atoms with van der Waals surface area (Å²) < 4.78 is 4.94. The van der Waals surface area contributed by atoms with E-state index in [-0.39, 0.29) is 11.3 Å². The summed E-state index contributed by atoms with van der Waals surface area (Å²) in [6, 6.07) is 11.4. The number of nitrogens with one attached hydrogen (secondary N) is 1. The fourth-order valence-corrected chi connectivity index (χ4v) is 4.43. The number of hydrogen-bond donors (Lipinski definition) is 1. The lowest BCUT2D eigenvalue weighted by molar-refractivity contribution is 0.0603. The molecule has 0 aliphatic rings. The summed E-state index contributed by atoms with van der Waals surface area (Å²) in [4.78, 5) is 26.0. The third-order valence-electron chi connectivity index (χ3n) is 4.21. The van der Waals surface area contributed by atoms with Crippen LogP contribution in [0.25, 0.3) is 10.4 Å². The Morgan fingerprint density at radius 2 is 1.74 bits per heavy atom. The SMILES string of the molecule is COC(=O)c1c(-c2cccs2)csc1NC(=O)c1ccc(C(C)(C)C)cc1. The van der Waals surface area contributed by atoms with E-state index in [9.17, 15) is 9.59 Å². The molecule has 3 rings (SSSR count). The van der Waals surface area contributed by atoms with Crippen molar-refractivity contribution in [2.75, 3.05) is 12.4 Å². The average Bonchev–Trinajstić information content (AvgIpc) is 3.30. The van der Waals surface area contributed by atoms with Gasteiger partial charge in [0.05, 0.1) is 7.11 Å². The van der Waals surface area contributed by atoms with Crippen LogP contribution >= 0.6 is 22.7 Å². The summed E-state index contributed by atoms with van der Waals surface area (Å²) in [5.74, 6) is -0.710. The molecule has 1 aromatic carbocycles. The molecule has 1 amide bonds. The van der Waals surface area contributed by atoms with Gasteiger partial charge in [-0.15, -0.1) is 22.7 Å². The Bertz CT molecular complexity index is 948. The quantitative estimate of drug-likeness (QED) is 0.563. The molecule has 27 heavy (non-hydrogen) atoms. The zero-order chi connectivity index (χ0) is 19.6. The number of carbonyl (C=O) groups is 2. The van der Waals surface area contributed by atoms with E-state index in [0.29, 0.717) is 16.1 Å². The third kappa shape index (κ3) is 4.12. The van der Waals surface area contributed by atoms with Gasteiger partial charge in [0.2, 0.25) is 0 Å². The fraction of sp³-hybridized carbons (Fsp3) is 0.238. The van der Waals surface area contributed by atoms with Gasteiger partial charge in [-0.1, -0.05) is 39.0 Å². The van der Waals surface area contributed by atoms with Crippen molar-refractivity contribution in [1.29, 1.82) is 0 Å². The number of ether oxygens (including phenoxy) is 1. The lowest BCUT2D eigenvalue weighted by Crippen LogP contribution is -2.15. The molecule has 140 valence electrons. The number of anilines is 1. The summed E-state index contributed by atoms with van der Waals surface area (Å²) in [6.07, 6.45) is 0. The lowest BCUT2D eigenvalue weighted by Gasteiger charge is -2.19. The van der Waals surface area contributed by atoms with Gasteiger partial charge in [-0.25, -0.2) is 4.79 Å². The van der Waals surface area contributed by atoms with Crippen LogP contribution in [0.4, 0.5) is 5.00 Å². The number of thiophene rings is 2. The molecular formula is C21H21NO3S2. The Hall–Kier alpha value is -2.44. The summed E-state index contributed by atoms with van der Waals surface area (Å²) >= 11 is 2.86. The standard InChI is InChI=1S/C21H21NO3S2/c1-21(2,3)14-9-7-13(8-10-14)18(23)22-19-17(20(24)25-4)15(12-27-19)16-6-5-11-26-16/h5-12H,1-4H3,(H,22,23). The summed E-state index contributed by atoms with van der Waals surface area (Å²) in [5.41, 5.74) is 2.90. The Morgan fingerprint density at radius 3 is 2.30 bits per heavy atom. The Balaban J connectivity index is 1.89. The highest BCUT2D eigenvalue weighted by Gasteiger charge is 2.23. The molecule has 6 heteroatoms. The van der Waals surface area contributed by atoms with Crippen molar-refractivity contribution in [3.63, 3.8) is 0 Å². The van der Waals surface area contributed by atoms with Gasteiger partial charge in [0.15, 0.2) is 0 Å². The number of benzene rings is 1. The van der Waals surface area contributed by atoms with Crippen molar-refractivity contribution < 1.29 is 14.3 Å². The fourth-order valence-electron chi connectivity index (χ4n) is 2.66. The van der Waals surface area contributed by atoms with Crippen LogP contribution in [0.5, 0.6) is 0 Å². The van der Waals surface area contributed by atoms with Crippen LogP contribution in [-0.4, -0.2) is 19.0 Å². The minimum absolute atomic E-state index is 0.0242. The highest BCUT2D eigenvalue weighted by Crippen LogP contribution is 2.38. The molecule has 0 saturated carbocycles. The molecule has 2 aromatic heterocycles. The number of rotatable bonds is 4. The number of hydrogen-bond acceptors (Lipinski definition) is 5. The van der Waals surface area contributed by atoms with Crippen molar-refractivity contribution >= 4 is 39.6 Å². The summed E-state index contributed by atoms with van der Waals surface area (Å²) in [5, 5.41) is 7.18. The first-order chi connectivity index (χ1) is 12.8. The minimum atomic E-state index is -0.460. The van der Waals surface area contributed by atoms with Crippen LogP contribution in [0.3, 0.4) is 0 Å². The Kier molecular flexibility index (Phi) is 5.48. The van der Waals surface area contributed by atoms with E-state index in [0.717, 1.165) is 16.0 Å². The molecule has 0 spiro atoms. The van der Waals surface area contributed by atoms with Gasteiger partial charge >= 0.3 is 5.97 Å². The molecule has 4 nitrogen and oxygen atoms in total. The molecule has 0 fully saturated rings. The van der Waals surface area contributed by atoms with E-state index in [1.165, 1.54) is 29.8 Å². The maximum absolute atomic E-state index is 12.7. The van der Waals surface area contributed by atoms with Gasteiger partial charge < -0.3 is 10.1 Å². The molecule has 0 aliphatic heterocycles. The normalized spacial score (nSPS) is 11.3. The molecule has 2 heterocycles. The lowest BCUT2D eigenvalue weighted by atomic mass is 9.87. The van der Waals surface area contributed by atoms with Crippen molar-refractivity contribution in [2.24, 2.45) is 0 Å². The van der Waals surface area contributed by atoms with Gasteiger partial charge in [0, 0.05) is 21.4 Å². The van der Waals surface area contributed by atoms with Gasteiger partial charge in [0.25, 0.3) is 5.91 Å². The minimum Gasteiger partial charge on any atom is -0.465 e. The van der Waals surface area contributed by atoms with E-state index < -0.39 is 5.97 Å². The van der Waals surface area contributed by atoms with Crippen LogP contribution in [-0.2, 0) is 10.2 Å². The molecule has 0 unspecified atom stereocenters. The molecule has 3 aromatic rings. The second-order valence-corrected chi connectivity index (χ2v) is 8.93. The number of amides is 1. The predicted molar refractivity (Wildman–Crippen MR) is 112 cm³/mol. The van der Waals surface area contributed by atoms with Crippen LogP contribution in [0.1, 0.15) is 47.1 Å². The molecule has 0 aliphatic carbocycles. The maximum atomic E-state index is 12.7. The molecule has 1 N–H and O–H groups in total. The first-order valence-corrected chi connectivity index (χ1v) is 10.2. The zero-order valence-corrected chi connectivity index (χ0v) is 17.3. The summed E-state index contributed by atoms with van der Waals surface area (Å²) in [7, 11) is 1.34. The van der Waals surface area contributed by atoms with Crippen LogP contribution < -0.4 is 5.32 Å². The zero-order valence-electron chi connectivity index (χ0n) is 15.7. The highest BCUT2D eigenvalue weighted by atomic mass is 32.1. The van der Waals surface area contributed by atoms with Crippen molar-refractivity contribution in [1.82, 2.24) is 0 Å². The maximum Gasteiger partial charge on any atom is 0.341 e. The third-order valence-corrected chi connectivity index (χ3v) is 6.01. The second kappa shape index (κ2) is 7.66. The summed E-state index contributed by atoms with van der Waals surface area (Å²) in [6.45, 7) is 6.38. The van der Waals surface area contributed by atoms with Crippen molar-refractivity contribution in [3.05, 3.63) is 63.8 Å². The van der Waals surface area contributed by atoms with Gasteiger partial charge in [0.1, 0.15) is 10.6 Å². The molecule has 0 saturated heterocycles. The topological polar surface area (TPSA) is 55.4 Å². The predicted octanol–water partition coefficient (Wildman–Crippen LogP) is 5.81. The van der Waals surface area contributed by atoms with E-state index in [1.54, 1.807) is 0 Å². The number of carbonyl (C=O) groups excluding carboxylic acids is 2. The molecular weight excluding hydrogens is 378 g/mol. The van der Waals surface area contributed by atoms with Crippen molar-refractivity contribution in [3.8, 4) is 10.4 Å². The van der Waals surface area contributed by atoms with Crippen LogP contribution in [0.2, 0.25) is 0 Å². The molecule has 0 atom stereocenters. The molecule has 0 bridgehead atoms. The van der Waals surface area contributed by atoms with E-state index in [4.69, 9.17) is 4.74 Å². The van der Waals surface area contributed by atoms with E-state index >= 15 is 0 Å². The first-order valence-electron chi connectivity index (χ1n) is 8.47. The second-order valence-electron chi connectivity index (χ2n) is 7.10. The Labute approximate surface area is 166 Å². The first kappa shape index (κ1) is 19.3. The number of methoxy groups -OCH3 is 1. The number of esters is 1. The van der Waals surface area contributed by atoms with Crippen molar-refractivity contribution in [2.45, 2.75) is 26.2 Å². The molecule has 0 radical (unpaired) electrons. The van der Waals surface area contributed by atoms with Gasteiger partial charge in [-0.05, 0) is 34.6 Å².